The fourth-order valence-corrected chi connectivity index (χ4v) is 4.01. The second-order valence-electron chi connectivity index (χ2n) is 5.96. The van der Waals surface area contributed by atoms with Gasteiger partial charge in [0.05, 0.1) is 18.6 Å². The molecule has 0 radical (unpaired) electrons. The molecule has 8 nitrogen and oxygen atoms in total. The second-order valence-corrected chi connectivity index (χ2v) is 8.74. The van der Waals surface area contributed by atoms with Crippen LogP contribution in [0.2, 0.25) is 10.0 Å². The van der Waals surface area contributed by atoms with Crippen molar-refractivity contribution in [2.45, 2.75) is 6.92 Å². The van der Waals surface area contributed by atoms with Gasteiger partial charge in [-0.3, -0.25) is 9.10 Å². The van der Waals surface area contributed by atoms with Gasteiger partial charge in [-0.2, -0.15) is 0 Å². The summed E-state index contributed by atoms with van der Waals surface area (Å²) in [7, 11) is -3.73. The van der Waals surface area contributed by atoms with E-state index >= 15 is 0 Å². The minimum atomic E-state index is -3.73. The van der Waals surface area contributed by atoms with E-state index in [9.17, 15) is 18.0 Å². The molecule has 27 heavy (non-hydrogen) atoms. The van der Waals surface area contributed by atoms with Crippen molar-refractivity contribution in [2.24, 2.45) is 0 Å². The molecule has 1 aromatic rings. The lowest BCUT2D eigenvalue weighted by atomic mass is 10.3. The standard InChI is InChI=1S/C16H21Cl2N3O5S/c1-3-26-16(23)20-6-4-19(5-7-20)15(22)11-21(27(2,24)25)14-9-12(17)8-13(18)10-14/h8-10H,3-7,11H2,1-2H3. The summed E-state index contributed by atoms with van der Waals surface area (Å²) in [6, 6.07) is 4.34. The zero-order valence-corrected chi connectivity index (χ0v) is 17.4. The quantitative estimate of drug-likeness (QED) is 0.703. The van der Waals surface area contributed by atoms with Crippen LogP contribution in [0.4, 0.5) is 10.5 Å². The molecule has 1 saturated heterocycles. The predicted octanol–water partition coefficient (Wildman–Crippen LogP) is 2.06. The van der Waals surface area contributed by atoms with Gasteiger partial charge >= 0.3 is 6.09 Å². The van der Waals surface area contributed by atoms with E-state index in [-0.39, 0.29) is 34.8 Å². The molecule has 1 heterocycles. The molecule has 0 atom stereocenters. The maximum Gasteiger partial charge on any atom is 0.409 e. The highest BCUT2D eigenvalue weighted by molar-refractivity contribution is 7.92. The average molecular weight is 438 g/mol. The summed E-state index contributed by atoms with van der Waals surface area (Å²) in [5.41, 5.74) is 0.216. The average Bonchev–Trinajstić information content (AvgIpc) is 2.58. The molecule has 0 saturated carbocycles. The van der Waals surface area contributed by atoms with Gasteiger partial charge in [-0.05, 0) is 25.1 Å². The number of rotatable bonds is 5. The van der Waals surface area contributed by atoms with Crippen LogP contribution >= 0.6 is 23.2 Å². The van der Waals surface area contributed by atoms with Gasteiger partial charge in [-0.15, -0.1) is 0 Å². The van der Waals surface area contributed by atoms with Gasteiger partial charge < -0.3 is 14.5 Å². The van der Waals surface area contributed by atoms with Crippen molar-refractivity contribution >= 4 is 50.9 Å². The SMILES string of the molecule is CCOC(=O)N1CCN(C(=O)CN(c2cc(Cl)cc(Cl)c2)S(C)(=O)=O)CC1. The molecule has 1 aliphatic heterocycles. The number of nitrogens with zero attached hydrogens (tertiary/aromatic N) is 3. The lowest BCUT2D eigenvalue weighted by Gasteiger charge is -2.35. The number of benzene rings is 1. The van der Waals surface area contributed by atoms with Crippen molar-refractivity contribution in [2.75, 3.05) is 49.9 Å². The smallest absolute Gasteiger partial charge is 0.409 e. The zero-order chi connectivity index (χ0) is 20.2. The normalized spacial score (nSPS) is 14.8. The number of hydrogen-bond donors (Lipinski definition) is 0. The van der Waals surface area contributed by atoms with Gasteiger partial charge in [0.15, 0.2) is 0 Å². The number of halogens is 2. The molecule has 1 fully saturated rings. The maximum atomic E-state index is 12.6. The van der Waals surface area contributed by atoms with E-state index in [4.69, 9.17) is 27.9 Å². The molecule has 0 aromatic heterocycles. The first-order chi connectivity index (χ1) is 12.6. The number of carbonyl (C=O) groups excluding carboxylic acids is 2. The summed E-state index contributed by atoms with van der Waals surface area (Å²) in [5.74, 6) is -0.375. The summed E-state index contributed by atoms with van der Waals surface area (Å²) >= 11 is 11.9. The van der Waals surface area contributed by atoms with Crippen LogP contribution < -0.4 is 4.31 Å². The molecule has 150 valence electrons. The van der Waals surface area contributed by atoms with Gasteiger partial charge in [-0.1, -0.05) is 23.2 Å². The number of sulfonamides is 1. The molecular weight excluding hydrogens is 417 g/mol. The third-order valence-corrected chi connectivity index (χ3v) is 5.55. The monoisotopic (exact) mass is 437 g/mol. The van der Waals surface area contributed by atoms with Crippen LogP contribution in [0.1, 0.15) is 6.92 Å². The Morgan fingerprint density at radius 2 is 1.59 bits per heavy atom. The van der Waals surface area contributed by atoms with Crippen LogP contribution in [0.15, 0.2) is 18.2 Å². The summed E-state index contributed by atoms with van der Waals surface area (Å²) in [6.07, 6.45) is 0.587. The molecule has 0 bridgehead atoms. The van der Waals surface area contributed by atoms with E-state index in [1.165, 1.54) is 28.0 Å². The Morgan fingerprint density at radius 3 is 2.07 bits per heavy atom. The van der Waals surface area contributed by atoms with Crippen molar-refractivity contribution in [1.82, 2.24) is 9.80 Å². The Morgan fingerprint density at radius 1 is 1.07 bits per heavy atom. The Kier molecular flexibility index (Phi) is 7.19. The second kappa shape index (κ2) is 8.99. The highest BCUT2D eigenvalue weighted by atomic mass is 35.5. The van der Waals surface area contributed by atoms with Gasteiger partial charge in [0.25, 0.3) is 0 Å². The van der Waals surface area contributed by atoms with Gasteiger partial charge in [0.1, 0.15) is 6.54 Å². The first-order valence-electron chi connectivity index (χ1n) is 8.25. The van der Waals surface area contributed by atoms with Crippen LogP contribution in [-0.2, 0) is 19.6 Å². The van der Waals surface area contributed by atoms with Crippen molar-refractivity contribution in [3.8, 4) is 0 Å². The van der Waals surface area contributed by atoms with Gasteiger partial charge in [0, 0.05) is 36.2 Å². The molecule has 2 amide bonds. The van der Waals surface area contributed by atoms with E-state index in [0.717, 1.165) is 10.6 Å². The summed E-state index contributed by atoms with van der Waals surface area (Å²) in [5, 5.41) is 0.531. The molecule has 0 spiro atoms. The van der Waals surface area contributed by atoms with E-state index in [1.807, 2.05) is 0 Å². The number of ether oxygens (including phenoxy) is 1. The molecule has 11 heteroatoms. The number of carbonyl (C=O) groups is 2. The molecule has 0 N–H and O–H groups in total. The third kappa shape index (κ3) is 5.88. The Labute approximate surface area is 168 Å². The highest BCUT2D eigenvalue weighted by Crippen LogP contribution is 2.27. The maximum absolute atomic E-state index is 12.6. The third-order valence-electron chi connectivity index (χ3n) is 3.97. The summed E-state index contributed by atoms with van der Waals surface area (Å²) < 4.78 is 30.3. The predicted molar refractivity (Wildman–Crippen MR) is 104 cm³/mol. The molecule has 0 unspecified atom stereocenters. The first-order valence-corrected chi connectivity index (χ1v) is 10.9. The fourth-order valence-electron chi connectivity index (χ4n) is 2.66. The van der Waals surface area contributed by atoms with E-state index in [0.29, 0.717) is 26.2 Å². The van der Waals surface area contributed by atoms with E-state index in [1.54, 1.807) is 6.92 Å². The van der Waals surface area contributed by atoms with Crippen LogP contribution in [0.3, 0.4) is 0 Å². The van der Waals surface area contributed by atoms with Crippen molar-refractivity contribution < 1.29 is 22.7 Å². The van der Waals surface area contributed by atoms with E-state index in [2.05, 4.69) is 0 Å². The highest BCUT2D eigenvalue weighted by Gasteiger charge is 2.28. The molecule has 1 aromatic carbocycles. The lowest BCUT2D eigenvalue weighted by Crippen LogP contribution is -2.53. The Bertz CT molecular complexity index is 790. The van der Waals surface area contributed by atoms with Crippen LogP contribution in [-0.4, -0.2) is 75.8 Å². The minimum Gasteiger partial charge on any atom is -0.450 e. The van der Waals surface area contributed by atoms with Crippen molar-refractivity contribution in [3.63, 3.8) is 0 Å². The topological polar surface area (TPSA) is 87.2 Å². The number of amides is 2. The fraction of sp³-hybridized carbons (Fsp3) is 0.500. The molecular formula is C16H21Cl2N3O5S. The first kappa shape index (κ1) is 21.6. The summed E-state index contributed by atoms with van der Waals surface area (Å²) in [4.78, 5) is 27.4. The molecule has 2 rings (SSSR count). The summed E-state index contributed by atoms with van der Waals surface area (Å²) in [6.45, 7) is 2.87. The minimum absolute atomic E-state index is 0.216. The number of piperazine rings is 1. The Hall–Kier alpha value is -1.71. The van der Waals surface area contributed by atoms with Crippen molar-refractivity contribution in [1.29, 1.82) is 0 Å². The largest absolute Gasteiger partial charge is 0.450 e. The molecule has 0 aliphatic carbocycles. The number of hydrogen-bond acceptors (Lipinski definition) is 5. The van der Waals surface area contributed by atoms with Crippen LogP contribution in [0.5, 0.6) is 0 Å². The van der Waals surface area contributed by atoms with Crippen LogP contribution in [0, 0.1) is 0 Å². The van der Waals surface area contributed by atoms with Gasteiger partial charge in [0.2, 0.25) is 15.9 Å². The lowest BCUT2D eigenvalue weighted by molar-refractivity contribution is -0.131. The Balaban J connectivity index is 2.08. The van der Waals surface area contributed by atoms with Gasteiger partial charge in [-0.25, -0.2) is 13.2 Å². The van der Waals surface area contributed by atoms with Crippen LogP contribution in [0.25, 0.3) is 0 Å². The number of anilines is 1. The zero-order valence-electron chi connectivity index (χ0n) is 15.0. The van der Waals surface area contributed by atoms with E-state index < -0.39 is 16.1 Å². The molecule has 1 aliphatic rings. The van der Waals surface area contributed by atoms with Crippen molar-refractivity contribution in [3.05, 3.63) is 28.2 Å².